The van der Waals surface area contributed by atoms with Crippen LogP contribution in [0.5, 0.6) is 0 Å². The molecule has 6 heteroatoms. The fraction of sp³-hybridized carbons (Fsp3) is 0.824. The first kappa shape index (κ1) is 15.1. The van der Waals surface area contributed by atoms with E-state index in [2.05, 4.69) is 5.43 Å². The van der Waals surface area contributed by atoms with Crippen molar-refractivity contribution in [3.05, 3.63) is 0 Å². The lowest BCUT2D eigenvalue weighted by Gasteiger charge is -2.22. The van der Waals surface area contributed by atoms with E-state index in [0.717, 1.165) is 24.3 Å². The number of nitrogens with zero attached hydrogens (tertiary/aromatic N) is 1. The molecule has 3 saturated heterocycles. The molecule has 126 valence electrons. The number of rotatable bonds is 4. The van der Waals surface area contributed by atoms with Crippen molar-refractivity contribution in [2.45, 2.75) is 70.0 Å². The number of ether oxygens (including phenoxy) is 1. The summed E-state index contributed by atoms with van der Waals surface area (Å²) < 4.78 is 5.68. The van der Waals surface area contributed by atoms with Crippen LogP contribution < -0.4 is 5.43 Å². The maximum atomic E-state index is 12.4. The Morgan fingerprint density at radius 3 is 2.22 bits per heavy atom. The molecular weight excluding hydrogens is 296 g/mol. The number of carbonyl (C=O) groups is 3. The Labute approximate surface area is 135 Å². The molecule has 0 spiro atoms. The van der Waals surface area contributed by atoms with Crippen LogP contribution in [0.2, 0.25) is 0 Å². The average molecular weight is 320 g/mol. The van der Waals surface area contributed by atoms with E-state index in [1.807, 2.05) is 0 Å². The lowest BCUT2D eigenvalue weighted by molar-refractivity contribution is -0.151. The van der Waals surface area contributed by atoms with Gasteiger partial charge in [0.2, 0.25) is 5.91 Å². The molecule has 3 heterocycles. The van der Waals surface area contributed by atoms with E-state index in [9.17, 15) is 14.4 Å². The van der Waals surface area contributed by atoms with Gasteiger partial charge in [0.15, 0.2) is 0 Å². The summed E-state index contributed by atoms with van der Waals surface area (Å²) in [7, 11) is 0. The van der Waals surface area contributed by atoms with Gasteiger partial charge in [0.25, 0.3) is 11.8 Å². The van der Waals surface area contributed by atoms with Crippen LogP contribution in [-0.4, -0.2) is 34.9 Å². The Balaban J connectivity index is 1.33. The van der Waals surface area contributed by atoms with E-state index in [4.69, 9.17) is 4.74 Å². The first-order valence-electron chi connectivity index (χ1n) is 8.98. The van der Waals surface area contributed by atoms with Gasteiger partial charge in [0, 0.05) is 6.42 Å². The van der Waals surface area contributed by atoms with E-state index >= 15 is 0 Å². The molecule has 0 aromatic heterocycles. The van der Waals surface area contributed by atoms with Crippen molar-refractivity contribution in [3.63, 3.8) is 0 Å². The number of amides is 3. The third kappa shape index (κ3) is 2.57. The van der Waals surface area contributed by atoms with E-state index in [0.29, 0.717) is 12.3 Å². The Kier molecular flexibility index (Phi) is 3.87. The molecule has 4 aliphatic rings. The zero-order valence-electron chi connectivity index (χ0n) is 13.3. The second-order valence-corrected chi connectivity index (χ2v) is 7.43. The maximum absolute atomic E-state index is 12.4. The lowest BCUT2D eigenvalue weighted by atomic mass is 9.81. The quantitative estimate of drug-likeness (QED) is 0.797. The normalized spacial score (nSPS) is 36.6. The van der Waals surface area contributed by atoms with Gasteiger partial charge in [0.05, 0.1) is 24.0 Å². The van der Waals surface area contributed by atoms with Crippen LogP contribution in [0, 0.1) is 17.8 Å². The van der Waals surface area contributed by atoms with E-state index in [-0.39, 0.29) is 41.8 Å². The van der Waals surface area contributed by atoms with Crippen LogP contribution in [0.3, 0.4) is 0 Å². The van der Waals surface area contributed by atoms with Gasteiger partial charge < -0.3 is 4.74 Å². The first-order chi connectivity index (χ1) is 11.1. The SMILES string of the molecule is O=C(CCC1CCCCC1)NN1C(=O)[C@H]2[C@H](C1=O)[C@H]1CC[C@H]2O1. The fourth-order valence-corrected chi connectivity index (χ4v) is 4.81. The third-order valence-electron chi connectivity index (χ3n) is 6.03. The Morgan fingerprint density at radius 1 is 1.00 bits per heavy atom. The van der Waals surface area contributed by atoms with Crippen LogP contribution in [-0.2, 0) is 19.1 Å². The Bertz CT molecular complexity index is 501. The smallest absolute Gasteiger partial charge is 0.254 e. The topological polar surface area (TPSA) is 75.7 Å². The van der Waals surface area contributed by atoms with Gasteiger partial charge in [-0.05, 0) is 25.2 Å². The highest BCUT2D eigenvalue weighted by molar-refractivity contribution is 6.07. The summed E-state index contributed by atoms with van der Waals surface area (Å²) in [4.78, 5) is 37.0. The van der Waals surface area contributed by atoms with Crippen LogP contribution >= 0.6 is 0 Å². The van der Waals surface area contributed by atoms with E-state index < -0.39 is 0 Å². The average Bonchev–Trinajstić information content (AvgIpc) is 3.24. The highest BCUT2D eigenvalue weighted by atomic mass is 16.5. The number of carbonyl (C=O) groups excluding carboxylic acids is 3. The molecule has 1 N–H and O–H groups in total. The summed E-state index contributed by atoms with van der Waals surface area (Å²) in [6.07, 6.45) is 8.85. The van der Waals surface area contributed by atoms with Gasteiger partial charge in [-0.3, -0.25) is 19.8 Å². The minimum absolute atomic E-state index is 0.134. The highest BCUT2D eigenvalue weighted by Gasteiger charge is 2.62. The summed E-state index contributed by atoms with van der Waals surface area (Å²) in [6.45, 7) is 0. The second-order valence-electron chi connectivity index (χ2n) is 7.43. The largest absolute Gasteiger partial charge is 0.373 e. The van der Waals surface area contributed by atoms with Crippen molar-refractivity contribution in [2.24, 2.45) is 17.8 Å². The molecule has 4 rings (SSSR count). The predicted octanol–water partition coefficient (Wildman–Crippen LogP) is 1.54. The molecule has 2 bridgehead atoms. The number of nitrogens with one attached hydrogen (secondary N) is 1. The number of fused-ring (bicyclic) bond motifs is 5. The molecule has 4 atom stereocenters. The Morgan fingerprint density at radius 2 is 1.61 bits per heavy atom. The van der Waals surface area contributed by atoms with E-state index in [1.54, 1.807) is 0 Å². The van der Waals surface area contributed by atoms with Crippen LogP contribution in [0.1, 0.15) is 57.8 Å². The number of hydrazine groups is 1. The van der Waals surface area contributed by atoms with Crippen molar-refractivity contribution < 1.29 is 19.1 Å². The molecule has 1 saturated carbocycles. The second kappa shape index (κ2) is 5.89. The van der Waals surface area contributed by atoms with Crippen LogP contribution in [0.15, 0.2) is 0 Å². The maximum Gasteiger partial charge on any atom is 0.254 e. The minimum Gasteiger partial charge on any atom is -0.373 e. The molecule has 4 fully saturated rings. The molecule has 0 aromatic rings. The zero-order chi connectivity index (χ0) is 16.0. The minimum atomic E-state index is -0.375. The fourth-order valence-electron chi connectivity index (χ4n) is 4.81. The number of hydrogen-bond acceptors (Lipinski definition) is 4. The molecule has 0 unspecified atom stereocenters. The predicted molar refractivity (Wildman–Crippen MR) is 80.7 cm³/mol. The molecule has 3 amide bonds. The van der Waals surface area contributed by atoms with Gasteiger partial charge in [-0.1, -0.05) is 32.1 Å². The van der Waals surface area contributed by atoms with Crippen molar-refractivity contribution in [2.75, 3.05) is 0 Å². The van der Waals surface area contributed by atoms with Gasteiger partial charge in [-0.25, -0.2) is 0 Å². The van der Waals surface area contributed by atoms with Gasteiger partial charge in [-0.2, -0.15) is 5.01 Å². The van der Waals surface area contributed by atoms with Crippen molar-refractivity contribution >= 4 is 17.7 Å². The molecule has 23 heavy (non-hydrogen) atoms. The lowest BCUT2D eigenvalue weighted by Crippen LogP contribution is -2.47. The van der Waals surface area contributed by atoms with Gasteiger partial charge >= 0.3 is 0 Å². The first-order valence-corrected chi connectivity index (χ1v) is 8.98. The third-order valence-corrected chi connectivity index (χ3v) is 6.03. The summed E-state index contributed by atoms with van der Waals surface area (Å²) in [5, 5.41) is 0.979. The molecule has 0 radical (unpaired) electrons. The van der Waals surface area contributed by atoms with Crippen LogP contribution in [0.25, 0.3) is 0 Å². The summed E-state index contributed by atoms with van der Waals surface area (Å²) >= 11 is 0. The summed E-state index contributed by atoms with van der Waals surface area (Å²) in [5.41, 5.74) is 2.56. The van der Waals surface area contributed by atoms with Crippen LogP contribution in [0.4, 0.5) is 0 Å². The van der Waals surface area contributed by atoms with Crippen molar-refractivity contribution in [1.82, 2.24) is 10.4 Å². The molecule has 3 aliphatic heterocycles. The molecule has 0 aromatic carbocycles. The summed E-state index contributed by atoms with van der Waals surface area (Å²) in [5.74, 6) is -0.912. The van der Waals surface area contributed by atoms with E-state index in [1.165, 1.54) is 32.1 Å². The molecular formula is C17H24N2O4. The highest BCUT2D eigenvalue weighted by Crippen LogP contribution is 2.48. The van der Waals surface area contributed by atoms with Gasteiger partial charge in [0.1, 0.15) is 0 Å². The van der Waals surface area contributed by atoms with Crippen molar-refractivity contribution in [1.29, 1.82) is 0 Å². The molecule has 6 nitrogen and oxygen atoms in total. The molecule has 1 aliphatic carbocycles. The van der Waals surface area contributed by atoms with Gasteiger partial charge in [-0.15, -0.1) is 0 Å². The zero-order valence-corrected chi connectivity index (χ0v) is 13.3. The standard InChI is InChI=1S/C17H24N2O4/c20-13(9-6-10-4-2-1-3-5-10)18-19-16(21)14-11-7-8-12(23-11)15(14)17(19)22/h10-12,14-15H,1-9H2,(H,18,20)/t11-,12-,14-,15-/m1/s1. The monoisotopic (exact) mass is 320 g/mol. The van der Waals surface area contributed by atoms with Crippen molar-refractivity contribution in [3.8, 4) is 0 Å². The summed E-state index contributed by atoms with van der Waals surface area (Å²) in [6, 6.07) is 0. The number of hydrogen-bond donors (Lipinski definition) is 1. The number of imide groups is 1. The Hall–Kier alpha value is -1.43.